The Hall–Kier alpha value is -3.53. The number of benzene rings is 3. The maximum Gasteiger partial charge on any atom is 0.251 e. The highest BCUT2D eigenvalue weighted by molar-refractivity contribution is 6.03. The molecule has 3 rings (SSSR count). The lowest BCUT2D eigenvalue weighted by Crippen LogP contribution is -2.28. The predicted octanol–water partition coefficient (Wildman–Crippen LogP) is 4.95. The summed E-state index contributed by atoms with van der Waals surface area (Å²) in [6, 6.07) is 25.2. The molecule has 0 unspecified atom stereocenters. The number of nitrogens with zero attached hydrogens (tertiary/aromatic N) is 1. The number of rotatable bonds is 7. The summed E-state index contributed by atoms with van der Waals surface area (Å²) in [4.78, 5) is 14.7. The van der Waals surface area contributed by atoms with Crippen LogP contribution >= 0.6 is 0 Å². The van der Waals surface area contributed by atoms with Crippen LogP contribution in [0.3, 0.4) is 0 Å². The number of carbonyl (C=O) groups is 1. The van der Waals surface area contributed by atoms with Gasteiger partial charge >= 0.3 is 0 Å². The summed E-state index contributed by atoms with van der Waals surface area (Å²) in [7, 11) is 3.19. The second kappa shape index (κ2) is 9.42. The van der Waals surface area contributed by atoms with E-state index in [-0.39, 0.29) is 5.91 Å². The zero-order chi connectivity index (χ0) is 19.8. The molecule has 0 aliphatic heterocycles. The summed E-state index contributed by atoms with van der Waals surface area (Å²) in [5.41, 5.74) is 2.78. The van der Waals surface area contributed by atoms with Crippen LogP contribution in [0.2, 0.25) is 0 Å². The minimum absolute atomic E-state index is 0.0927. The highest BCUT2D eigenvalue weighted by atomic mass is 16.5. The van der Waals surface area contributed by atoms with Crippen molar-refractivity contribution in [2.45, 2.75) is 6.54 Å². The number of hydrogen-bond acceptors (Lipinski definition) is 3. The van der Waals surface area contributed by atoms with Crippen LogP contribution in [0, 0.1) is 0 Å². The first-order valence-electron chi connectivity index (χ1n) is 9.02. The normalized spacial score (nSPS) is 10.6. The van der Waals surface area contributed by atoms with Gasteiger partial charge in [0, 0.05) is 11.8 Å². The van der Waals surface area contributed by atoms with Crippen molar-refractivity contribution in [1.82, 2.24) is 0 Å². The van der Waals surface area contributed by atoms with Crippen LogP contribution in [-0.4, -0.2) is 20.1 Å². The zero-order valence-corrected chi connectivity index (χ0v) is 16.0. The number of amides is 1. The van der Waals surface area contributed by atoms with Crippen LogP contribution in [-0.2, 0) is 11.3 Å². The van der Waals surface area contributed by atoms with Crippen LogP contribution in [0.1, 0.15) is 11.1 Å². The Morgan fingerprint density at radius 3 is 2.14 bits per heavy atom. The van der Waals surface area contributed by atoms with Crippen LogP contribution in [0.4, 0.5) is 5.69 Å². The fourth-order valence-corrected chi connectivity index (χ4v) is 2.88. The molecule has 0 aromatic heterocycles. The average Bonchev–Trinajstić information content (AvgIpc) is 2.76. The van der Waals surface area contributed by atoms with Gasteiger partial charge in [-0.05, 0) is 41.5 Å². The number of carbonyl (C=O) groups excluding carboxylic acids is 1. The molecule has 0 heterocycles. The third kappa shape index (κ3) is 4.80. The fraction of sp³-hybridized carbons (Fsp3) is 0.125. The number of ether oxygens (including phenoxy) is 2. The van der Waals surface area contributed by atoms with E-state index < -0.39 is 0 Å². The van der Waals surface area contributed by atoms with Crippen LogP contribution in [0.15, 0.2) is 84.9 Å². The van der Waals surface area contributed by atoms with Gasteiger partial charge in [-0.3, -0.25) is 4.79 Å². The molecule has 0 atom stereocenters. The Morgan fingerprint density at radius 2 is 1.50 bits per heavy atom. The largest absolute Gasteiger partial charge is 0.493 e. The highest BCUT2D eigenvalue weighted by Crippen LogP contribution is 2.28. The molecular formula is C24H23NO3. The third-order valence-electron chi connectivity index (χ3n) is 4.34. The van der Waals surface area contributed by atoms with E-state index in [1.165, 1.54) is 0 Å². The first-order valence-corrected chi connectivity index (χ1v) is 9.02. The molecule has 0 fully saturated rings. The first kappa shape index (κ1) is 19.2. The lowest BCUT2D eigenvalue weighted by molar-refractivity contribution is -0.114. The topological polar surface area (TPSA) is 38.8 Å². The molecule has 0 aliphatic rings. The fourth-order valence-electron chi connectivity index (χ4n) is 2.88. The number of methoxy groups -OCH3 is 2. The van der Waals surface area contributed by atoms with E-state index >= 15 is 0 Å². The number of hydrogen-bond donors (Lipinski definition) is 0. The molecule has 4 nitrogen and oxygen atoms in total. The van der Waals surface area contributed by atoms with Crippen molar-refractivity contribution < 1.29 is 14.3 Å². The van der Waals surface area contributed by atoms with Gasteiger partial charge in [0.1, 0.15) is 0 Å². The molecule has 0 spiro atoms. The lowest BCUT2D eigenvalue weighted by Gasteiger charge is -2.21. The Bertz CT molecular complexity index is 937. The second-order valence-corrected chi connectivity index (χ2v) is 6.19. The molecule has 0 aliphatic carbocycles. The summed E-state index contributed by atoms with van der Waals surface area (Å²) in [6.45, 7) is 0.500. The van der Waals surface area contributed by atoms with Gasteiger partial charge < -0.3 is 14.4 Å². The van der Waals surface area contributed by atoms with Gasteiger partial charge in [0.15, 0.2) is 11.5 Å². The zero-order valence-electron chi connectivity index (χ0n) is 16.0. The molecule has 0 saturated heterocycles. The van der Waals surface area contributed by atoms with Crippen molar-refractivity contribution in [1.29, 1.82) is 0 Å². The van der Waals surface area contributed by atoms with Gasteiger partial charge in [-0.2, -0.15) is 0 Å². The van der Waals surface area contributed by atoms with Crippen molar-refractivity contribution in [2.24, 2.45) is 0 Å². The summed E-state index contributed by atoms with van der Waals surface area (Å²) in [6.07, 6.45) is 3.36. The third-order valence-corrected chi connectivity index (χ3v) is 4.34. The van der Waals surface area contributed by atoms with E-state index in [0.29, 0.717) is 18.0 Å². The summed E-state index contributed by atoms with van der Waals surface area (Å²) in [5, 5.41) is 0. The highest BCUT2D eigenvalue weighted by Gasteiger charge is 2.13. The molecule has 28 heavy (non-hydrogen) atoms. The monoisotopic (exact) mass is 373 g/mol. The lowest BCUT2D eigenvalue weighted by atomic mass is 10.1. The summed E-state index contributed by atoms with van der Waals surface area (Å²) < 4.78 is 10.6. The van der Waals surface area contributed by atoms with Crippen molar-refractivity contribution in [3.05, 3.63) is 96.1 Å². The molecule has 0 saturated carbocycles. The maximum absolute atomic E-state index is 13.0. The molecule has 1 amide bonds. The summed E-state index contributed by atoms with van der Waals surface area (Å²) >= 11 is 0. The SMILES string of the molecule is COc1ccc(/C=C/C(=O)N(Cc2ccccc2)c2ccccc2)cc1OC. The number of para-hydroxylation sites is 1. The van der Waals surface area contributed by atoms with E-state index in [9.17, 15) is 4.79 Å². The van der Waals surface area contributed by atoms with E-state index in [4.69, 9.17) is 9.47 Å². The van der Waals surface area contributed by atoms with E-state index in [1.807, 2.05) is 78.9 Å². The minimum Gasteiger partial charge on any atom is -0.493 e. The number of anilines is 1. The molecular weight excluding hydrogens is 350 g/mol. The standard InChI is InChI=1S/C24H23NO3/c1-27-22-15-13-19(17-23(22)28-2)14-16-24(26)25(21-11-7-4-8-12-21)18-20-9-5-3-6-10-20/h3-17H,18H2,1-2H3/b16-14+. The van der Waals surface area contributed by atoms with Crippen molar-refractivity contribution >= 4 is 17.7 Å². The van der Waals surface area contributed by atoms with Gasteiger partial charge in [0.25, 0.3) is 5.91 Å². The Morgan fingerprint density at radius 1 is 0.857 bits per heavy atom. The first-order chi connectivity index (χ1) is 13.7. The van der Waals surface area contributed by atoms with E-state index in [2.05, 4.69) is 0 Å². The van der Waals surface area contributed by atoms with Crippen LogP contribution in [0.25, 0.3) is 6.08 Å². The van der Waals surface area contributed by atoms with Crippen molar-refractivity contribution in [3.63, 3.8) is 0 Å². The molecule has 4 heteroatoms. The predicted molar refractivity (Wildman–Crippen MR) is 113 cm³/mol. The van der Waals surface area contributed by atoms with Crippen molar-refractivity contribution in [3.8, 4) is 11.5 Å². The van der Waals surface area contributed by atoms with Crippen LogP contribution in [0.5, 0.6) is 11.5 Å². The second-order valence-electron chi connectivity index (χ2n) is 6.19. The quantitative estimate of drug-likeness (QED) is 0.550. The van der Waals surface area contributed by atoms with Gasteiger partial charge in [0.2, 0.25) is 0 Å². The van der Waals surface area contributed by atoms with E-state index in [0.717, 1.165) is 16.8 Å². The van der Waals surface area contributed by atoms with E-state index in [1.54, 1.807) is 31.3 Å². The Kier molecular flexibility index (Phi) is 6.47. The van der Waals surface area contributed by atoms with Gasteiger partial charge in [-0.1, -0.05) is 54.6 Å². The van der Waals surface area contributed by atoms with Gasteiger partial charge in [-0.15, -0.1) is 0 Å². The average molecular weight is 373 g/mol. The molecule has 3 aromatic rings. The maximum atomic E-state index is 13.0. The summed E-state index contributed by atoms with van der Waals surface area (Å²) in [5.74, 6) is 1.19. The van der Waals surface area contributed by atoms with Gasteiger partial charge in [0.05, 0.1) is 20.8 Å². The molecule has 0 N–H and O–H groups in total. The molecule has 142 valence electrons. The molecule has 0 radical (unpaired) electrons. The molecule has 3 aromatic carbocycles. The Balaban J connectivity index is 1.84. The van der Waals surface area contributed by atoms with Crippen LogP contribution < -0.4 is 14.4 Å². The van der Waals surface area contributed by atoms with Gasteiger partial charge in [-0.25, -0.2) is 0 Å². The Labute approximate surface area is 165 Å². The minimum atomic E-state index is -0.0927. The smallest absolute Gasteiger partial charge is 0.251 e. The molecule has 0 bridgehead atoms. The van der Waals surface area contributed by atoms with Crippen molar-refractivity contribution in [2.75, 3.05) is 19.1 Å².